The molecule has 1 aliphatic heterocycles. The molecule has 1 fully saturated rings. The van der Waals surface area contributed by atoms with Crippen LogP contribution in [0.5, 0.6) is 5.75 Å². The van der Waals surface area contributed by atoms with Crippen molar-refractivity contribution in [3.8, 4) is 11.8 Å². The van der Waals surface area contributed by atoms with E-state index >= 15 is 0 Å². The highest BCUT2D eigenvalue weighted by Crippen LogP contribution is 2.31. The van der Waals surface area contributed by atoms with Gasteiger partial charge in [0.2, 0.25) is 0 Å². The molecule has 0 bridgehead atoms. The first-order valence-electron chi connectivity index (χ1n) is 6.69. The number of carboxylic acids is 1. The Hall–Kier alpha value is -2.22. The second kappa shape index (κ2) is 6.29. The Morgan fingerprint density at radius 2 is 2.40 bits per heavy atom. The molecule has 1 aromatic carbocycles. The number of hydrogen-bond acceptors (Lipinski definition) is 4. The zero-order valence-corrected chi connectivity index (χ0v) is 11.5. The SMILES string of the molecule is COc1ccc(C#N)c(N2CCC(CCC(=O)O)C2)c1. The monoisotopic (exact) mass is 274 g/mol. The molecule has 1 N–H and O–H groups in total. The number of nitriles is 1. The number of hydrogen-bond donors (Lipinski definition) is 1. The van der Waals surface area contributed by atoms with Crippen LogP contribution in [0.15, 0.2) is 18.2 Å². The van der Waals surface area contributed by atoms with E-state index in [2.05, 4.69) is 11.0 Å². The summed E-state index contributed by atoms with van der Waals surface area (Å²) in [5.41, 5.74) is 1.51. The summed E-state index contributed by atoms with van der Waals surface area (Å²) in [5.74, 6) is 0.361. The highest BCUT2D eigenvalue weighted by Gasteiger charge is 2.25. The van der Waals surface area contributed by atoms with E-state index in [1.165, 1.54) is 0 Å². The first kappa shape index (κ1) is 14.2. The van der Waals surface area contributed by atoms with Crippen LogP contribution in [0.4, 0.5) is 5.69 Å². The van der Waals surface area contributed by atoms with Gasteiger partial charge in [-0.05, 0) is 30.9 Å². The molecule has 5 nitrogen and oxygen atoms in total. The van der Waals surface area contributed by atoms with Gasteiger partial charge in [-0.25, -0.2) is 0 Å². The number of rotatable bonds is 5. The van der Waals surface area contributed by atoms with E-state index in [-0.39, 0.29) is 6.42 Å². The lowest BCUT2D eigenvalue weighted by molar-refractivity contribution is -0.137. The fraction of sp³-hybridized carbons (Fsp3) is 0.467. The van der Waals surface area contributed by atoms with Gasteiger partial charge < -0.3 is 14.7 Å². The quantitative estimate of drug-likeness (QED) is 0.891. The summed E-state index contributed by atoms with van der Waals surface area (Å²) in [6.07, 6.45) is 1.87. The summed E-state index contributed by atoms with van der Waals surface area (Å²) in [7, 11) is 1.60. The largest absolute Gasteiger partial charge is 0.497 e. The summed E-state index contributed by atoms with van der Waals surface area (Å²) >= 11 is 0. The normalized spacial score (nSPS) is 17.8. The van der Waals surface area contributed by atoms with E-state index in [0.717, 1.165) is 30.9 Å². The van der Waals surface area contributed by atoms with Gasteiger partial charge in [-0.3, -0.25) is 4.79 Å². The predicted molar refractivity (Wildman–Crippen MR) is 74.9 cm³/mol. The molecule has 1 atom stereocenters. The second-order valence-corrected chi connectivity index (χ2v) is 5.03. The van der Waals surface area contributed by atoms with Gasteiger partial charge in [-0.1, -0.05) is 0 Å². The Labute approximate surface area is 118 Å². The van der Waals surface area contributed by atoms with Crippen molar-refractivity contribution in [1.82, 2.24) is 0 Å². The van der Waals surface area contributed by atoms with Crippen LogP contribution in [0.1, 0.15) is 24.8 Å². The Bertz CT molecular complexity index is 536. The number of carbonyl (C=O) groups is 1. The molecule has 1 saturated heterocycles. The first-order valence-corrected chi connectivity index (χ1v) is 6.69. The van der Waals surface area contributed by atoms with E-state index in [4.69, 9.17) is 9.84 Å². The lowest BCUT2D eigenvalue weighted by Crippen LogP contribution is -2.21. The Morgan fingerprint density at radius 3 is 3.05 bits per heavy atom. The van der Waals surface area contributed by atoms with Gasteiger partial charge in [0.25, 0.3) is 0 Å². The first-order chi connectivity index (χ1) is 9.63. The van der Waals surface area contributed by atoms with Crippen molar-refractivity contribution in [3.05, 3.63) is 23.8 Å². The smallest absolute Gasteiger partial charge is 0.303 e. The summed E-state index contributed by atoms with van der Waals surface area (Å²) in [5, 5.41) is 17.9. The molecule has 0 amide bonds. The average Bonchev–Trinajstić information content (AvgIpc) is 2.93. The van der Waals surface area contributed by atoms with Gasteiger partial charge in [0, 0.05) is 25.6 Å². The molecule has 0 aliphatic carbocycles. The van der Waals surface area contributed by atoms with Crippen LogP contribution in [0.2, 0.25) is 0 Å². The molecule has 5 heteroatoms. The fourth-order valence-corrected chi connectivity index (χ4v) is 2.61. The van der Waals surface area contributed by atoms with Crippen molar-refractivity contribution >= 4 is 11.7 Å². The van der Waals surface area contributed by atoms with Crippen LogP contribution < -0.4 is 9.64 Å². The average molecular weight is 274 g/mol. The van der Waals surface area contributed by atoms with Gasteiger partial charge in [0.15, 0.2) is 0 Å². The van der Waals surface area contributed by atoms with Crippen molar-refractivity contribution in [1.29, 1.82) is 5.26 Å². The molecule has 106 valence electrons. The zero-order chi connectivity index (χ0) is 14.5. The van der Waals surface area contributed by atoms with E-state index in [0.29, 0.717) is 17.9 Å². The van der Waals surface area contributed by atoms with Crippen LogP contribution in [0, 0.1) is 17.2 Å². The van der Waals surface area contributed by atoms with Crippen molar-refractivity contribution in [3.63, 3.8) is 0 Å². The highest BCUT2D eigenvalue weighted by atomic mass is 16.5. The predicted octanol–water partition coefficient (Wildman–Crippen LogP) is 2.26. The van der Waals surface area contributed by atoms with Gasteiger partial charge in [0.05, 0.1) is 18.4 Å². The number of carboxylic acid groups (broad SMARTS) is 1. The Kier molecular flexibility index (Phi) is 4.46. The minimum absolute atomic E-state index is 0.210. The minimum atomic E-state index is -0.748. The van der Waals surface area contributed by atoms with Gasteiger partial charge in [-0.15, -0.1) is 0 Å². The molecule has 20 heavy (non-hydrogen) atoms. The van der Waals surface area contributed by atoms with Gasteiger partial charge in [-0.2, -0.15) is 5.26 Å². The van der Waals surface area contributed by atoms with Crippen LogP contribution in [0.25, 0.3) is 0 Å². The molecule has 0 saturated carbocycles. The van der Waals surface area contributed by atoms with E-state index in [1.54, 1.807) is 19.2 Å². The third-order valence-electron chi connectivity index (χ3n) is 3.72. The van der Waals surface area contributed by atoms with E-state index in [9.17, 15) is 10.1 Å². The third kappa shape index (κ3) is 3.21. The molecule has 0 radical (unpaired) electrons. The second-order valence-electron chi connectivity index (χ2n) is 5.03. The van der Waals surface area contributed by atoms with Crippen LogP contribution in [0.3, 0.4) is 0 Å². The van der Waals surface area contributed by atoms with E-state index in [1.807, 2.05) is 6.07 Å². The van der Waals surface area contributed by atoms with Gasteiger partial charge >= 0.3 is 5.97 Å². The fourth-order valence-electron chi connectivity index (χ4n) is 2.61. The van der Waals surface area contributed by atoms with Crippen molar-refractivity contribution in [2.45, 2.75) is 19.3 Å². The molecule has 0 spiro atoms. The maximum Gasteiger partial charge on any atom is 0.303 e. The van der Waals surface area contributed by atoms with Crippen molar-refractivity contribution < 1.29 is 14.6 Å². The van der Waals surface area contributed by atoms with E-state index < -0.39 is 5.97 Å². The van der Waals surface area contributed by atoms with Crippen LogP contribution >= 0.6 is 0 Å². The van der Waals surface area contributed by atoms with Crippen LogP contribution in [-0.2, 0) is 4.79 Å². The summed E-state index contributed by atoms with van der Waals surface area (Å²) in [4.78, 5) is 12.8. The number of benzene rings is 1. The third-order valence-corrected chi connectivity index (χ3v) is 3.72. The molecular weight excluding hydrogens is 256 g/mol. The summed E-state index contributed by atoms with van der Waals surface area (Å²) < 4.78 is 5.21. The Balaban J connectivity index is 2.09. The number of methoxy groups -OCH3 is 1. The summed E-state index contributed by atoms with van der Waals surface area (Å²) in [6, 6.07) is 7.61. The topological polar surface area (TPSA) is 73.6 Å². The molecule has 1 heterocycles. The number of ether oxygens (including phenoxy) is 1. The standard InChI is InChI=1S/C15H18N2O3/c1-20-13-4-3-12(9-16)14(8-13)17-7-6-11(10-17)2-5-15(18)19/h3-4,8,11H,2,5-7,10H2,1H3,(H,18,19). The van der Waals surface area contributed by atoms with Crippen LogP contribution in [-0.4, -0.2) is 31.3 Å². The Morgan fingerprint density at radius 1 is 1.60 bits per heavy atom. The lowest BCUT2D eigenvalue weighted by atomic mass is 10.0. The van der Waals surface area contributed by atoms with Crippen molar-refractivity contribution in [2.75, 3.05) is 25.1 Å². The highest BCUT2D eigenvalue weighted by molar-refractivity contribution is 5.66. The maximum absolute atomic E-state index is 10.6. The molecule has 2 rings (SSSR count). The summed E-state index contributed by atoms with van der Waals surface area (Å²) in [6.45, 7) is 1.65. The molecule has 1 aromatic rings. The molecular formula is C15H18N2O3. The van der Waals surface area contributed by atoms with Crippen molar-refractivity contribution in [2.24, 2.45) is 5.92 Å². The number of anilines is 1. The number of nitrogens with zero attached hydrogens (tertiary/aromatic N) is 2. The molecule has 0 aromatic heterocycles. The number of aliphatic carboxylic acids is 1. The zero-order valence-electron chi connectivity index (χ0n) is 11.5. The minimum Gasteiger partial charge on any atom is -0.497 e. The molecule has 1 aliphatic rings. The van der Waals surface area contributed by atoms with Gasteiger partial charge in [0.1, 0.15) is 11.8 Å². The maximum atomic E-state index is 10.6. The lowest BCUT2D eigenvalue weighted by Gasteiger charge is -2.20. The molecule has 1 unspecified atom stereocenters.